The van der Waals surface area contributed by atoms with E-state index in [1.54, 1.807) is 6.20 Å². The van der Waals surface area contributed by atoms with Gasteiger partial charge in [-0.3, -0.25) is 9.69 Å². The summed E-state index contributed by atoms with van der Waals surface area (Å²) in [7, 11) is 0. The molecule has 0 spiro atoms. The molecule has 1 aliphatic rings. The maximum absolute atomic E-state index is 11.6. The van der Waals surface area contributed by atoms with Crippen molar-refractivity contribution in [2.24, 2.45) is 5.92 Å². The molecule has 1 atom stereocenters. The number of pyridine rings is 1. The van der Waals surface area contributed by atoms with E-state index in [4.69, 9.17) is 5.26 Å². The van der Waals surface area contributed by atoms with Crippen molar-refractivity contribution in [1.29, 1.82) is 5.26 Å². The molecule has 94 valence electrons. The summed E-state index contributed by atoms with van der Waals surface area (Å²) in [6, 6.07) is 5.79. The fourth-order valence-electron chi connectivity index (χ4n) is 2.37. The lowest BCUT2D eigenvalue weighted by molar-refractivity contribution is -0.126. The maximum atomic E-state index is 11.6. The Balaban J connectivity index is 2.01. The second kappa shape index (κ2) is 5.74. The van der Waals surface area contributed by atoms with Crippen molar-refractivity contribution in [2.75, 3.05) is 13.1 Å². The standard InChI is InChI=1S/C14H17N3O/c1-2-12-10-17(6-4-14(12)18)9-11-3-5-16-13(7-11)8-15/h3,5,7,12H,2,4,6,9-10H2,1H3. The molecule has 4 nitrogen and oxygen atoms in total. The van der Waals surface area contributed by atoms with Gasteiger partial charge in [0.15, 0.2) is 0 Å². The highest BCUT2D eigenvalue weighted by atomic mass is 16.1. The van der Waals surface area contributed by atoms with Crippen molar-refractivity contribution < 1.29 is 4.79 Å². The zero-order chi connectivity index (χ0) is 13.0. The molecule has 0 aromatic carbocycles. The predicted octanol–water partition coefficient (Wildman–Crippen LogP) is 1.75. The molecule has 4 heteroatoms. The van der Waals surface area contributed by atoms with E-state index in [0.717, 1.165) is 31.6 Å². The monoisotopic (exact) mass is 243 g/mol. The lowest BCUT2D eigenvalue weighted by atomic mass is 9.94. The van der Waals surface area contributed by atoms with Crippen LogP contribution in [0.2, 0.25) is 0 Å². The van der Waals surface area contributed by atoms with Crippen molar-refractivity contribution in [3.8, 4) is 6.07 Å². The maximum Gasteiger partial charge on any atom is 0.140 e. The minimum atomic E-state index is 0.177. The Kier molecular flexibility index (Phi) is 4.06. The van der Waals surface area contributed by atoms with Gasteiger partial charge in [-0.05, 0) is 24.1 Å². The number of ketones is 1. The Morgan fingerprint density at radius 3 is 3.17 bits per heavy atom. The number of carbonyl (C=O) groups is 1. The van der Waals surface area contributed by atoms with E-state index in [1.165, 1.54) is 0 Å². The highest BCUT2D eigenvalue weighted by Crippen LogP contribution is 2.18. The molecule has 18 heavy (non-hydrogen) atoms. The molecule has 1 unspecified atom stereocenters. The van der Waals surface area contributed by atoms with Crippen LogP contribution >= 0.6 is 0 Å². The van der Waals surface area contributed by atoms with E-state index in [-0.39, 0.29) is 5.92 Å². The zero-order valence-corrected chi connectivity index (χ0v) is 10.6. The third kappa shape index (κ3) is 2.93. The molecule has 1 aliphatic heterocycles. The summed E-state index contributed by atoms with van der Waals surface area (Å²) in [5.41, 5.74) is 1.54. The quantitative estimate of drug-likeness (QED) is 0.811. The summed E-state index contributed by atoms with van der Waals surface area (Å²) in [6.45, 7) is 4.51. The molecule has 1 saturated heterocycles. The Morgan fingerprint density at radius 1 is 1.61 bits per heavy atom. The predicted molar refractivity (Wildman–Crippen MR) is 67.6 cm³/mol. The average Bonchev–Trinajstić information content (AvgIpc) is 2.41. The molecule has 0 N–H and O–H groups in total. The van der Waals surface area contributed by atoms with Gasteiger partial charge in [0.1, 0.15) is 17.5 Å². The van der Waals surface area contributed by atoms with Crippen LogP contribution in [0.15, 0.2) is 18.3 Å². The van der Waals surface area contributed by atoms with Gasteiger partial charge in [-0.15, -0.1) is 0 Å². The molecule has 1 fully saturated rings. The molecule has 0 amide bonds. The molecule has 0 aliphatic carbocycles. The molecule has 1 aromatic rings. The van der Waals surface area contributed by atoms with Crippen LogP contribution in [-0.4, -0.2) is 28.8 Å². The minimum Gasteiger partial charge on any atom is -0.299 e. The Morgan fingerprint density at radius 2 is 2.44 bits per heavy atom. The van der Waals surface area contributed by atoms with Crippen molar-refractivity contribution >= 4 is 5.78 Å². The Bertz CT molecular complexity index is 478. The van der Waals surface area contributed by atoms with Crippen LogP contribution in [0.5, 0.6) is 0 Å². The number of Topliss-reactive ketones (excluding diaryl/α,β-unsaturated/α-hetero) is 1. The summed E-state index contributed by atoms with van der Waals surface area (Å²) in [5, 5.41) is 8.81. The molecule has 0 bridgehead atoms. The third-order valence-electron chi connectivity index (χ3n) is 3.45. The van der Waals surface area contributed by atoms with E-state index in [2.05, 4.69) is 16.8 Å². The highest BCUT2D eigenvalue weighted by molar-refractivity contribution is 5.82. The number of hydrogen-bond donors (Lipinski definition) is 0. The first-order chi connectivity index (χ1) is 8.72. The number of nitrogens with zero attached hydrogens (tertiary/aromatic N) is 3. The lowest BCUT2D eigenvalue weighted by Gasteiger charge is -2.31. The number of aromatic nitrogens is 1. The summed E-state index contributed by atoms with van der Waals surface area (Å²) in [6.07, 6.45) is 3.23. The number of rotatable bonds is 3. The van der Waals surface area contributed by atoms with Crippen molar-refractivity contribution in [1.82, 2.24) is 9.88 Å². The molecular weight excluding hydrogens is 226 g/mol. The summed E-state index contributed by atoms with van der Waals surface area (Å²) < 4.78 is 0. The van der Waals surface area contributed by atoms with Gasteiger partial charge in [-0.2, -0.15) is 5.26 Å². The fraction of sp³-hybridized carbons (Fsp3) is 0.500. The van der Waals surface area contributed by atoms with E-state index < -0.39 is 0 Å². The van der Waals surface area contributed by atoms with Gasteiger partial charge in [-0.1, -0.05) is 6.92 Å². The van der Waals surface area contributed by atoms with E-state index >= 15 is 0 Å². The second-order valence-corrected chi connectivity index (χ2v) is 4.72. The number of piperidine rings is 1. The molecule has 0 saturated carbocycles. The van der Waals surface area contributed by atoms with Crippen LogP contribution in [-0.2, 0) is 11.3 Å². The third-order valence-corrected chi connectivity index (χ3v) is 3.45. The first kappa shape index (κ1) is 12.7. The second-order valence-electron chi connectivity index (χ2n) is 4.72. The van der Waals surface area contributed by atoms with Crippen molar-refractivity contribution in [2.45, 2.75) is 26.3 Å². The minimum absolute atomic E-state index is 0.177. The van der Waals surface area contributed by atoms with Crippen LogP contribution in [0.1, 0.15) is 31.0 Å². The molecule has 2 rings (SSSR count). The summed E-state index contributed by atoms with van der Waals surface area (Å²) in [4.78, 5) is 17.9. The van der Waals surface area contributed by atoms with Gasteiger partial charge in [0.2, 0.25) is 0 Å². The smallest absolute Gasteiger partial charge is 0.140 e. The SMILES string of the molecule is CCC1CN(Cc2ccnc(C#N)c2)CCC1=O. The molecule has 0 radical (unpaired) electrons. The van der Waals surface area contributed by atoms with Gasteiger partial charge < -0.3 is 0 Å². The number of nitriles is 1. The van der Waals surface area contributed by atoms with E-state index in [0.29, 0.717) is 17.9 Å². The van der Waals surface area contributed by atoms with E-state index in [9.17, 15) is 4.79 Å². The number of likely N-dealkylation sites (tertiary alicyclic amines) is 1. The molecule has 2 heterocycles. The van der Waals surface area contributed by atoms with Gasteiger partial charge in [0, 0.05) is 38.2 Å². The first-order valence-corrected chi connectivity index (χ1v) is 6.33. The van der Waals surface area contributed by atoms with Crippen LogP contribution < -0.4 is 0 Å². The summed E-state index contributed by atoms with van der Waals surface area (Å²) in [5.74, 6) is 0.567. The molecular formula is C14H17N3O. The van der Waals surface area contributed by atoms with Crippen LogP contribution in [0.4, 0.5) is 0 Å². The number of hydrogen-bond acceptors (Lipinski definition) is 4. The van der Waals surface area contributed by atoms with Gasteiger partial charge in [-0.25, -0.2) is 4.98 Å². The molecule has 1 aromatic heterocycles. The first-order valence-electron chi connectivity index (χ1n) is 6.33. The topological polar surface area (TPSA) is 57.0 Å². The average molecular weight is 243 g/mol. The van der Waals surface area contributed by atoms with Gasteiger partial charge >= 0.3 is 0 Å². The van der Waals surface area contributed by atoms with Crippen molar-refractivity contribution in [3.63, 3.8) is 0 Å². The summed E-state index contributed by atoms with van der Waals surface area (Å²) >= 11 is 0. The lowest BCUT2D eigenvalue weighted by Crippen LogP contribution is -2.40. The normalized spacial score (nSPS) is 20.7. The Labute approximate surface area is 107 Å². The number of carbonyl (C=O) groups excluding carboxylic acids is 1. The van der Waals surface area contributed by atoms with E-state index in [1.807, 2.05) is 18.2 Å². The van der Waals surface area contributed by atoms with Gasteiger partial charge in [0.05, 0.1) is 0 Å². The largest absolute Gasteiger partial charge is 0.299 e. The van der Waals surface area contributed by atoms with Crippen molar-refractivity contribution in [3.05, 3.63) is 29.6 Å². The van der Waals surface area contributed by atoms with Gasteiger partial charge in [0.25, 0.3) is 0 Å². The highest BCUT2D eigenvalue weighted by Gasteiger charge is 2.25. The zero-order valence-electron chi connectivity index (χ0n) is 10.6. The van der Waals surface area contributed by atoms with Crippen LogP contribution in [0, 0.1) is 17.2 Å². The Hall–Kier alpha value is -1.73. The van der Waals surface area contributed by atoms with Crippen LogP contribution in [0.25, 0.3) is 0 Å². The van der Waals surface area contributed by atoms with Crippen LogP contribution in [0.3, 0.4) is 0 Å². The fourth-order valence-corrected chi connectivity index (χ4v) is 2.37.